The van der Waals surface area contributed by atoms with E-state index in [-0.39, 0.29) is 20.4 Å². The summed E-state index contributed by atoms with van der Waals surface area (Å²) in [5, 5.41) is 0. The van der Waals surface area contributed by atoms with Crippen LogP contribution in [0.3, 0.4) is 0 Å². The Hall–Kier alpha value is -0.118. The van der Waals surface area contributed by atoms with Crippen molar-refractivity contribution < 1.29 is 20.4 Å². The first-order valence-electron chi connectivity index (χ1n) is 5.25. The molecule has 1 aromatic carbocycles. The molecule has 1 aromatic rings. The molecule has 76 valence electrons. The van der Waals surface area contributed by atoms with Gasteiger partial charge in [-0.1, -0.05) is 25.2 Å². The molecule has 1 unspecified atom stereocenters. The summed E-state index contributed by atoms with van der Waals surface area (Å²) >= 11 is 0. The number of rotatable bonds is 1. The number of fused-ring (bicyclic) bond motifs is 2. The zero-order valence-electron chi connectivity index (χ0n) is 8.06. The zero-order chi connectivity index (χ0) is 8.67. The van der Waals surface area contributed by atoms with E-state index in [1.165, 1.54) is 24.8 Å². The fourth-order valence-electron chi connectivity index (χ4n) is 2.98. The van der Waals surface area contributed by atoms with Crippen LogP contribution in [0.5, 0.6) is 0 Å². The molecule has 0 aromatic heterocycles. The third kappa shape index (κ3) is 1.69. The van der Waals surface area contributed by atoms with Crippen LogP contribution in [0.2, 0.25) is 0 Å². The van der Waals surface area contributed by atoms with Gasteiger partial charge < -0.3 is 6.42 Å². The summed E-state index contributed by atoms with van der Waals surface area (Å²) in [6, 6.07) is 11.8. The van der Waals surface area contributed by atoms with Gasteiger partial charge in [0.2, 0.25) is 0 Å². The molecule has 0 amide bonds. The fourth-order valence-corrected chi connectivity index (χ4v) is 2.98. The van der Waals surface area contributed by atoms with Crippen LogP contribution in [-0.2, 0) is 20.4 Å². The van der Waals surface area contributed by atoms with Gasteiger partial charge >= 0.3 is 20.4 Å². The quantitative estimate of drug-likeness (QED) is 0.546. The van der Waals surface area contributed by atoms with Gasteiger partial charge in [-0.3, -0.25) is 0 Å². The summed E-state index contributed by atoms with van der Waals surface area (Å²) in [4.78, 5) is 0. The predicted octanol–water partition coefficient (Wildman–Crippen LogP) is 3.20. The van der Waals surface area contributed by atoms with Crippen molar-refractivity contribution in [2.45, 2.75) is 25.2 Å². The second-order valence-corrected chi connectivity index (χ2v) is 4.37. The maximum absolute atomic E-state index is 3.36. The van der Waals surface area contributed by atoms with E-state index in [2.05, 4.69) is 30.7 Å². The van der Waals surface area contributed by atoms with Crippen molar-refractivity contribution in [3.63, 3.8) is 0 Å². The Labute approximate surface area is 99.8 Å². The average Bonchev–Trinajstić information content (AvgIpc) is 2.80. The Kier molecular flexibility index (Phi) is 3.10. The summed E-state index contributed by atoms with van der Waals surface area (Å²) < 4.78 is 0. The molecule has 3 atom stereocenters. The molecule has 0 spiro atoms. The first-order valence-corrected chi connectivity index (χ1v) is 5.25. The van der Waals surface area contributed by atoms with Crippen LogP contribution >= 0.6 is 0 Å². The summed E-state index contributed by atoms with van der Waals surface area (Å²) in [7, 11) is 0. The van der Waals surface area contributed by atoms with Crippen LogP contribution in [0.25, 0.3) is 0 Å². The molecule has 3 rings (SSSR count). The van der Waals surface area contributed by atoms with E-state index in [0.29, 0.717) is 0 Å². The Morgan fingerprint density at radius 1 is 1.29 bits per heavy atom. The van der Waals surface area contributed by atoms with E-state index in [4.69, 9.17) is 0 Å². The topological polar surface area (TPSA) is 0 Å². The first-order chi connectivity index (χ1) is 6.43. The molecule has 2 saturated carbocycles. The predicted molar refractivity (Wildman–Crippen MR) is 53.2 cm³/mol. The van der Waals surface area contributed by atoms with Gasteiger partial charge in [-0.05, 0) is 0 Å². The Morgan fingerprint density at radius 2 is 2.21 bits per heavy atom. The molecule has 1 heteroatoms. The SMILES string of the molecule is [Pd+2].[c-]1ccccc1C1[CH-][C@@H]2CC[C@H]1C2. The van der Waals surface area contributed by atoms with E-state index in [0.717, 1.165) is 17.8 Å². The van der Waals surface area contributed by atoms with E-state index in [1.807, 2.05) is 6.07 Å². The fraction of sp³-hybridized carbons (Fsp3) is 0.462. The molecule has 2 aliphatic carbocycles. The van der Waals surface area contributed by atoms with Crippen molar-refractivity contribution in [2.75, 3.05) is 0 Å². The van der Waals surface area contributed by atoms with Gasteiger partial charge in [0.15, 0.2) is 0 Å². The minimum atomic E-state index is 0. The summed E-state index contributed by atoms with van der Waals surface area (Å²) in [6.07, 6.45) is 6.87. The van der Waals surface area contributed by atoms with Gasteiger partial charge in [-0.25, -0.2) is 0 Å². The summed E-state index contributed by atoms with van der Waals surface area (Å²) in [6.45, 7) is 0. The molecule has 14 heavy (non-hydrogen) atoms. The average molecular weight is 277 g/mol. The summed E-state index contributed by atoms with van der Waals surface area (Å²) in [5.41, 5.74) is 1.41. The van der Waals surface area contributed by atoms with Gasteiger partial charge in [0, 0.05) is 0 Å². The van der Waals surface area contributed by atoms with Crippen LogP contribution in [0.4, 0.5) is 0 Å². The van der Waals surface area contributed by atoms with Crippen LogP contribution in [0.1, 0.15) is 30.7 Å². The molecule has 2 bridgehead atoms. The van der Waals surface area contributed by atoms with E-state index < -0.39 is 0 Å². The molecule has 0 heterocycles. The maximum atomic E-state index is 3.36. The van der Waals surface area contributed by atoms with Gasteiger partial charge in [-0.15, -0.1) is 0 Å². The molecule has 0 radical (unpaired) electrons. The van der Waals surface area contributed by atoms with Crippen LogP contribution in [0, 0.1) is 24.3 Å². The second-order valence-electron chi connectivity index (χ2n) is 4.37. The summed E-state index contributed by atoms with van der Waals surface area (Å²) in [5.74, 6) is 2.58. The Bertz CT molecular complexity index is 293. The first kappa shape index (κ1) is 10.4. The van der Waals surface area contributed by atoms with Gasteiger partial charge in [-0.2, -0.15) is 47.7 Å². The van der Waals surface area contributed by atoms with E-state index >= 15 is 0 Å². The standard InChI is InChI=1S/C13H14.Pd/c1-2-4-11(5-3-1)13-9-10-6-7-12(13)8-10;/h1-4,9-10,12-13H,6-8H2;/q-2;+2/t10-,12+,13?;/m1./s1. The molecule has 2 fully saturated rings. The number of benzene rings is 1. The number of hydrogen-bond acceptors (Lipinski definition) is 0. The molecule has 0 nitrogen and oxygen atoms in total. The molecular formula is C13H14Pd. The minimum Gasteiger partial charge on any atom is -0.320 e. The van der Waals surface area contributed by atoms with Crippen LogP contribution in [0.15, 0.2) is 24.3 Å². The molecular weight excluding hydrogens is 263 g/mol. The van der Waals surface area contributed by atoms with Gasteiger partial charge in [0.05, 0.1) is 0 Å². The third-order valence-corrected chi connectivity index (χ3v) is 3.59. The van der Waals surface area contributed by atoms with Crippen molar-refractivity contribution in [1.29, 1.82) is 0 Å². The minimum absolute atomic E-state index is 0. The normalized spacial score (nSPS) is 34.1. The van der Waals surface area contributed by atoms with E-state index in [1.54, 1.807) is 0 Å². The van der Waals surface area contributed by atoms with Crippen molar-refractivity contribution in [2.24, 2.45) is 11.8 Å². The van der Waals surface area contributed by atoms with Crippen molar-refractivity contribution in [3.8, 4) is 0 Å². The van der Waals surface area contributed by atoms with Crippen LogP contribution in [-0.4, -0.2) is 0 Å². The van der Waals surface area contributed by atoms with Crippen LogP contribution < -0.4 is 0 Å². The maximum Gasteiger partial charge on any atom is 2.00 e. The van der Waals surface area contributed by atoms with Gasteiger partial charge in [0.1, 0.15) is 0 Å². The molecule has 0 N–H and O–H groups in total. The Morgan fingerprint density at radius 3 is 2.79 bits per heavy atom. The van der Waals surface area contributed by atoms with Gasteiger partial charge in [0.25, 0.3) is 0 Å². The van der Waals surface area contributed by atoms with E-state index in [9.17, 15) is 0 Å². The smallest absolute Gasteiger partial charge is 0.320 e. The Balaban J connectivity index is 0.000000750. The second kappa shape index (κ2) is 4.17. The monoisotopic (exact) mass is 276 g/mol. The van der Waals surface area contributed by atoms with Crippen molar-refractivity contribution >= 4 is 0 Å². The number of hydrogen-bond donors (Lipinski definition) is 0. The zero-order valence-corrected chi connectivity index (χ0v) is 9.61. The van der Waals surface area contributed by atoms with Crippen molar-refractivity contribution in [3.05, 3.63) is 42.3 Å². The third-order valence-electron chi connectivity index (χ3n) is 3.59. The molecule has 2 aliphatic rings. The molecule has 0 saturated heterocycles. The van der Waals surface area contributed by atoms with Crippen molar-refractivity contribution in [1.82, 2.24) is 0 Å². The largest absolute Gasteiger partial charge is 2.00 e. The molecule has 0 aliphatic heterocycles.